The zero-order valence-electron chi connectivity index (χ0n) is 12.7. The Labute approximate surface area is 137 Å². The number of hydrogen-bond acceptors (Lipinski definition) is 5. The number of carbonyl (C=O) groups is 5. The van der Waals surface area contributed by atoms with Gasteiger partial charge in [-0.1, -0.05) is 12.6 Å². The van der Waals surface area contributed by atoms with Gasteiger partial charge in [0.15, 0.2) is 5.78 Å². The van der Waals surface area contributed by atoms with Crippen LogP contribution in [0.4, 0.5) is 0 Å². The topological polar surface area (TPSA) is 101 Å². The van der Waals surface area contributed by atoms with Crippen molar-refractivity contribution >= 4 is 29.4 Å². The quantitative estimate of drug-likeness (QED) is 0.637. The first kappa shape index (κ1) is 15.8. The second-order valence-electron chi connectivity index (χ2n) is 5.67. The average Bonchev–Trinajstić information content (AvgIpc) is 2.79. The van der Waals surface area contributed by atoms with Gasteiger partial charge >= 0.3 is 0 Å². The lowest BCUT2D eigenvalue weighted by atomic mass is 10.0. The third kappa shape index (κ3) is 2.54. The molecule has 2 aliphatic heterocycles. The van der Waals surface area contributed by atoms with Crippen molar-refractivity contribution in [3.05, 3.63) is 47.5 Å². The maximum Gasteiger partial charge on any atom is 0.262 e. The van der Waals surface area contributed by atoms with Crippen molar-refractivity contribution < 1.29 is 24.0 Å². The second-order valence-corrected chi connectivity index (χ2v) is 5.67. The molecule has 0 bridgehead atoms. The highest BCUT2D eigenvalue weighted by atomic mass is 16.2. The van der Waals surface area contributed by atoms with Gasteiger partial charge in [0.2, 0.25) is 11.8 Å². The number of fused-ring (bicyclic) bond motifs is 1. The Kier molecular flexibility index (Phi) is 3.84. The first-order valence-electron chi connectivity index (χ1n) is 7.42. The number of allylic oxidation sites excluding steroid dienone is 1. The van der Waals surface area contributed by atoms with Crippen LogP contribution < -0.4 is 5.32 Å². The van der Waals surface area contributed by atoms with Gasteiger partial charge in [0.05, 0.1) is 11.1 Å². The summed E-state index contributed by atoms with van der Waals surface area (Å²) in [5, 5.41) is 2.14. The molecule has 7 nitrogen and oxygen atoms in total. The summed E-state index contributed by atoms with van der Waals surface area (Å²) in [4.78, 5) is 60.6. The number of ketones is 1. The van der Waals surface area contributed by atoms with Gasteiger partial charge in [-0.3, -0.25) is 34.2 Å². The molecule has 1 fully saturated rings. The maximum absolute atomic E-state index is 12.6. The van der Waals surface area contributed by atoms with Crippen LogP contribution >= 0.6 is 0 Å². The molecular formula is C17H14N2O5. The van der Waals surface area contributed by atoms with Crippen LogP contribution in [0.2, 0.25) is 0 Å². The molecule has 2 heterocycles. The van der Waals surface area contributed by atoms with Gasteiger partial charge in [0.1, 0.15) is 6.04 Å². The molecule has 0 aromatic heterocycles. The van der Waals surface area contributed by atoms with Gasteiger partial charge < -0.3 is 0 Å². The maximum atomic E-state index is 12.6. The Balaban J connectivity index is 1.91. The van der Waals surface area contributed by atoms with E-state index in [1.165, 1.54) is 18.2 Å². The van der Waals surface area contributed by atoms with Crippen LogP contribution in [0.15, 0.2) is 30.9 Å². The summed E-state index contributed by atoms with van der Waals surface area (Å²) < 4.78 is 0. The van der Waals surface area contributed by atoms with Crippen molar-refractivity contribution in [2.75, 3.05) is 0 Å². The van der Waals surface area contributed by atoms with Crippen LogP contribution in [0.5, 0.6) is 0 Å². The van der Waals surface area contributed by atoms with Gasteiger partial charge in [-0.05, 0) is 30.2 Å². The van der Waals surface area contributed by atoms with E-state index in [1.807, 2.05) is 0 Å². The van der Waals surface area contributed by atoms with Crippen molar-refractivity contribution in [2.45, 2.75) is 25.3 Å². The molecule has 0 radical (unpaired) electrons. The summed E-state index contributed by atoms with van der Waals surface area (Å²) in [5.41, 5.74) is 0.948. The highest BCUT2D eigenvalue weighted by Crippen LogP contribution is 2.28. The Morgan fingerprint density at radius 3 is 2.58 bits per heavy atom. The number of imide groups is 2. The number of nitrogens with zero attached hydrogens (tertiary/aromatic N) is 1. The van der Waals surface area contributed by atoms with E-state index in [9.17, 15) is 24.0 Å². The molecule has 0 spiro atoms. The molecule has 122 valence electrons. The third-order valence-electron chi connectivity index (χ3n) is 4.11. The van der Waals surface area contributed by atoms with Crippen molar-refractivity contribution in [3.8, 4) is 0 Å². The lowest BCUT2D eigenvalue weighted by Gasteiger charge is -2.27. The number of carbonyl (C=O) groups excluding carboxylic acids is 5. The minimum absolute atomic E-state index is 0.0723. The minimum atomic E-state index is -0.992. The van der Waals surface area contributed by atoms with Gasteiger partial charge in [-0.25, -0.2) is 0 Å². The Hall–Kier alpha value is -3.09. The predicted octanol–water partition coefficient (Wildman–Crippen LogP) is 0.385. The molecule has 1 aromatic rings. The number of piperidine rings is 1. The van der Waals surface area contributed by atoms with Crippen LogP contribution in [0.1, 0.15) is 39.1 Å². The standard InChI is InChI=1S/C17H14N2O5/c1-2-10(20)7-9-3-4-11-12(8-9)17(24)19(16(11)23)13-5-6-14(21)18-15(13)22/h2-4,8,13H,1,5-7H2,(H,18,21,22). The van der Waals surface area contributed by atoms with Crippen LogP contribution in [0.25, 0.3) is 0 Å². The summed E-state index contributed by atoms with van der Waals surface area (Å²) in [6.07, 6.45) is 1.45. The van der Waals surface area contributed by atoms with E-state index in [1.54, 1.807) is 6.07 Å². The van der Waals surface area contributed by atoms with Gasteiger partial charge in [-0.15, -0.1) is 0 Å². The smallest absolute Gasteiger partial charge is 0.262 e. The molecule has 3 rings (SSSR count). The fourth-order valence-corrected chi connectivity index (χ4v) is 2.90. The normalized spacial score (nSPS) is 20.0. The fourth-order valence-electron chi connectivity index (χ4n) is 2.90. The van der Waals surface area contributed by atoms with Gasteiger partial charge in [-0.2, -0.15) is 0 Å². The van der Waals surface area contributed by atoms with Crippen LogP contribution in [-0.4, -0.2) is 40.4 Å². The highest BCUT2D eigenvalue weighted by molar-refractivity contribution is 6.23. The van der Waals surface area contributed by atoms with Crippen LogP contribution in [-0.2, 0) is 20.8 Å². The molecule has 0 aliphatic carbocycles. The van der Waals surface area contributed by atoms with Gasteiger partial charge in [0, 0.05) is 12.8 Å². The number of rotatable bonds is 4. The SMILES string of the molecule is C=CC(=O)Cc1ccc2c(c1)C(=O)N(C1CCC(=O)NC1=O)C2=O. The summed E-state index contributed by atoms with van der Waals surface area (Å²) in [7, 11) is 0. The Morgan fingerprint density at radius 2 is 1.92 bits per heavy atom. The summed E-state index contributed by atoms with van der Waals surface area (Å²) in [6.45, 7) is 3.39. The molecule has 4 amide bonds. The Bertz CT molecular complexity index is 811. The van der Waals surface area contributed by atoms with E-state index < -0.39 is 29.7 Å². The molecule has 1 unspecified atom stereocenters. The Morgan fingerprint density at radius 1 is 1.21 bits per heavy atom. The van der Waals surface area contributed by atoms with E-state index in [2.05, 4.69) is 11.9 Å². The lowest BCUT2D eigenvalue weighted by molar-refractivity contribution is -0.136. The van der Waals surface area contributed by atoms with Crippen molar-refractivity contribution in [1.29, 1.82) is 0 Å². The molecule has 24 heavy (non-hydrogen) atoms. The van der Waals surface area contributed by atoms with Crippen LogP contribution in [0, 0.1) is 0 Å². The predicted molar refractivity (Wildman–Crippen MR) is 82.0 cm³/mol. The van der Waals surface area contributed by atoms with E-state index in [0.717, 1.165) is 4.90 Å². The summed E-state index contributed by atoms with van der Waals surface area (Å²) in [6, 6.07) is 3.57. The number of amides is 4. The average molecular weight is 326 g/mol. The molecule has 1 aromatic carbocycles. The van der Waals surface area contributed by atoms with Crippen LogP contribution in [0.3, 0.4) is 0 Å². The molecule has 1 saturated heterocycles. The minimum Gasteiger partial charge on any atom is -0.295 e. The third-order valence-corrected chi connectivity index (χ3v) is 4.11. The van der Waals surface area contributed by atoms with Gasteiger partial charge in [0.25, 0.3) is 11.8 Å². The molecule has 0 saturated carbocycles. The summed E-state index contributed by atoms with van der Waals surface area (Å²) in [5.74, 6) is -2.42. The molecule has 7 heteroatoms. The zero-order chi connectivity index (χ0) is 17.4. The first-order valence-corrected chi connectivity index (χ1v) is 7.42. The first-order chi connectivity index (χ1) is 11.4. The fraction of sp³-hybridized carbons (Fsp3) is 0.235. The lowest BCUT2D eigenvalue weighted by Crippen LogP contribution is -2.54. The number of hydrogen-bond donors (Lipinski definition) is 1. The monoisotopic (exact) mass is 326 g/mol. The molecule has 1 atom stereocenters. The summed E-state index contributed by atoms with van der Waals surface area (Å²) >= 11 is 0. The molecular weight excluding hydrogens is 312 g/mol. The molecule has 2 aliphatic rings. The highest BCUT2D eigenvalue weighted by Gasteiger charge is 2.44. The number of nitrogens with one attached hydrogen (secondary N) is 1. The van der Waals surface area contributed by atoms with E-state index >= 15 is 0 Å². The largest absolute Gasteiger partial charge is 0.295 e. The van der Waals surface area contributed by atoms with E-state index in [4.69, 9.17) is 0 Å². The van der Waals surface area contributed by atoms with E-state index in [-0.39, 0.29) is 36.2 Å². The second kappa shape index (κ2) is 5.84. The van der Waals surface area contributed by atoms with Crippen molar-refractivity contribution in [3.63, 3.8) is 0 Å². The van der Waals surface area contributed by atoms with Crippen molar-refractivity contribution in [2.24, 2.45) is 0 Å². The van der Waals surface area contributed by atoms with E-state index in [0.29, 0.717) is 5.56 Å². The van der Waals surface area contributed by atoms with Crippen molar-refractivity contribution in [1.82, 2.24) is 10.2 Å². The number of benzene rings is 1. The zero-order valence-corrected chi connectivity index (χ0v) is 12.7. The molecule has 1 N–H and O–H groups in total.